The Balaban J connectivity index is 1.42. The monoisotopic (exact) mass is 306 g/mol. The van der Waals surface area contributed by atoms with Crippen molar-refractivity contribution in [3.63, 3.8) is 0 Å². The zero-order chi connectivity index (χ0) is 15.7. The fourth-order valence-electron chi connectivity index (χ4n) is 3.25. The second-order valence-corrected chi connectivity index (χ2v) is 6.98. The van der Waals surface area contributed by atoms with Crippen LogP contribution in [0.2, 0.25) is 0 Å². The van der Waals surface area contributed by atoms with Gasteiger partial charge in [0.25, 0.3) is 0 Å². The molecule has 0 radical (unpaired) electrons. The third kappa shape index (κ3) is 3.48. The summed E-state index contributed by atoms with van der Waals surface area (Å²) < 4.78 is 5.25. The van der Waals surface area contributed by atoms with Gasteiger partial charge in [0.2, 0.25) is 11.8 Å². The van der Waals surface area contributed by atoms with Crippen LogP contribution in [0, 0.1) is 5.92 Å². The number of carbonyl (C=O) groups excluding carboxylic acids is 1. The van der Waals surface area contributed by atoms with E-state index in [1.165, 1.54) is 12.8 Å². The molecule has 0 spiro atoms. The minimum Gasteiger partial charge on any atom is -0.341 e. The second kappa shape index (κ2) is 6.36. The Labute approximate surface area is 131 Å². The largest absolute Gasteiger partial charge is 0.341 e. The quantitative estimate of drug-likeness (QED) is 0.800. The van der Waals surface area contributed by atoms with Gasteiger partial charge in [-0.05, 0) is 39.3 Å². The predicted octanol–water partition coefficient (Wildman–Crippen LogP) is 1.68. The van der Waals surface area contributed by atoms with Crippen LogP contribution < -0.4 is 0 Å². The summed E-state index contributed by atoms with van der Waals surface area (Å²) in [5, 5.41) is 4.01. The van der Waals surface area contributed by atoms with Crippen LogP contribution in [0.1, 0.15) is 50.2 Å². The van der Waals surface area contributed by atoms with E-state index in [1.54, 1.807) is 0 Å². The molecule has 22 heavy (non-hydrogen) atoms. The van der Waals surface area contributed by atoms with Gasteiger partial charge in [-0.3, -0.25) is 4.79 Å². The van der Waals surface area contributed by atoms with Gasteiger partial charge in [-0.15, -0.1) is 0 Å². The Bertz CT molecular complexity index is 524. The van der Waals surface area contributed by atoms with Crippen LogP contribution >= 0.6 is 0 Å². The van der Waals surface area contributed by atoms with Gasteiger partial charge in [-0.25, -0.2) is 0 Å². The van der Waals surface area contributed by atoms with Crippen molar-refractivity contribution < 1.29 is 9.32 Å². The number of hydrogen-bond donors (Lipinski definition) is 0. The van der Waals surface area contributed by atoms with Crippen LogP contribution in [-0.4, -0.2) is 59.1 Å². The first-order valence-corrected chi connectivity index (χ1v) is 8.31. The standard InChI is InChI=1S/C16H26N4O2/c1-11-9-20(10-13(11)19(2)3)15(21)6-4-5-14-17-16(18-22-14)12-7-8-12/h11-13H,4-10H2,1-3H3. The van der Waals surface area contributed by atoms with E-state index in [4.69, 9.17) is 4.52 Å². The molecule has 1 aliphatic carbocycles. The molecule has 0 aromatic carbocycles. The smallest absolute Gasteiger partial charge is 0.226 e. The van der Waals surface area contributed by atoms with E-state index >= 15 is 0 Å². The van der Waals surface area contributed by atoms with Crippen molar-refractivity contribution in [1.29, 1.82) is 0 Å². The van der Waals surface area contributed by atoms with Crippen molar-refractivity contribution >= 4 is 5.91 Å². The highest BCUT2D eigenvalue weighted by Gasteiger charge is 2.33. The Morgan fingerprint density at radius 2 is 2.14 bits per heavy atom. The van der Waals surface area contributed by atoms with Crippen LogP contribution in [0.5, 0.6) is 0 Å². The van der Waals surface area contributed by atoms with Crippen molar-refractivity contribution in [3.05, 3.63) is 11.7 Å². The van der Waals surface area contributed by atoms with Crippen LogP contribution in [0.4, 0.5) is 0 Å². The maximum Gasteiger partial charge on any atom is 0.226 e. The van der Waals surface area contributed by atoms with E-state index in [1.807, 2.05) is 4.90 Å². The summed E-state index contributed by atoms with van der Waals surface area (Å²) in [6.45, 7) is 3.93. The Morgan fingerprint density at radius 3 is 2.77 bits per heavy atom. The normalized spacial score (nSPS) is 25.2. The maximum absolute atomic E-state index is 12.3. The van der Waals surface area contributed by atoms with Crippen molar-refractivity contribution in [3.8, 4) is 0 Å². The van der Waals surface area contributed by atoms with E-state index in [-0.39, 0.29) is 5.91 Å². The zero-order valence-electron chi connectivity index (χ0n) is 13.8. The molecule has 1 saturated heterocycles. The molecule has 1 amide bonds. The summed E-state index contributed by atoms with van der Waals surface area (Å²) >= 11 is 0. The molecule has 2 heterocycles. The Kier molecular flexibility index (Phi) is 4.47. The molecule has 1 aromatic heterocycles. The molecule has 2 atom stereocenters. The van der Waals surface area contributed by atoms with Gasteiger partial charge in [0, 0.05) is 37.9 Å². The zero-order valence-corrected chi connectivity index (χ0v) is 13.8. The van der Waals surface area contributed by atoms with E-state index in [2.05, 4.69) is 36.1 Å². The number of rotatable bonds is 6. The molecule has 3 rings (SSSR count). The predicted molar refractivity (Wildman–Crippen MR) is 82.4 cm³/mol. The van der Waals surface area contributed by atoms with Crippen molar-refractivity contribution in [2.75, 3.05) is 27.2 Å². The fraction of sp³-hybridized carbons (Fsp3) is 0.812. The third-order valence-corrected chi connectivity index (χ3v) is 4.80. The molecule has 122 valence electrons. The summed E-state index contributed by atoms with van der Waals surface area (Å²) in [4.78, 5) is 20.9. The number of hydrogen-bond acceptors (Lipinski definition) is 5. The van der Waals surface area contributed by atoms with Crippen LogP contribution in [0.25, 0.3) is 0 Å². The average Bonchev–Trinajstić information content (AvgIpc) is 3.08. The number of likely N-dealkylation sites (tertiary alicyclic amines) is 1. The molecule has 6 nitrogen and oxygen atoms in total. The summed E-state index contributed by atoms with van der Waals surface area (Å²) in [6, 6.07) is 0.473. The lowest BCUT2D eigenvalue weighted by atomic mass is 10.1. The van der Waals surface area contributed by atoms with Crippen LogP contribution in [-0.2, 0) is 11.2 Å². The van der Waals surface area contributed by atoms with E-state index in [0.717, 1.165) is 25.3 Å². The molecule has 2 unspecified atom stereocenters. The Morgan fingerprint density at radius 1 is 1.36 bits per heavy atom. The van der Waals surface area contributed by atoms with Gasteiger partial charge >= 0.3 is 0 Å². The van der Waals surface area contributed by atoms with Crippen molar-refractivity contribution in [2.24, 2.45) is 5.92 Å². The number of carbonyl (C=O) groups is 1. The molecule has 1 saturated carbocycles. The number of aromatic nitrogens is 2. The first-order chi connectivity index (χ1) is 10.5. The fourth-order valence-corrected chi connectivity index (χ4v) is 3.25. The van der Waals surface area contributed by atoms with Crippen molar-refractivity contribution in [1.82, 2.24) is 19.9 Å². The molecule has 1 aliphatic heterocycles. The summed E-state index contributed by atoms with van der Waals surface area (Å²) in [7, 11) is 4.17. The highest BCUT2D eigenvalue weighted by atomic mass is 16.5. The lowest BCUT2D eigenvalue weighted by molar-refractivity contribution is -0.130. The van der Waals surface area contributed by atoms with Gasteiger partial charge in [0.05, 0.1) is 0 Å². The highest BCUT2D eigenvalue weighted by Crippen LogP contribution is 2.38. The number of amides is 1. The number of likely N-dealkylation sites (N-methyl/N-ethyl adjacent to an activating group) is 1. The molecular formula is C16H26N4O2. The minimum atomic E-state index is 0.248. The van der Waals surface area contributed by atoms with Gasteiger partial charge in [-0.1, -0.05) is 12.1 Å². The molecule has 0 bridgehead atoms. The lowest BCUT2D eigenvalue weighted by Crippen LogP contribution is -2.35. The van der Waals surface area contributed by atoms with Crippen molar-refractivity contribution in [2.45, 2.75) is 51.0 Å². The first-order valence-electron chi connectivity index (χ1n) is 8.31. The SMILES string of the molecule is CC1CN(C(=O)CCCc2nc(C3CC3)no2)CC1N(C)C. The van der Waals surface area contributed by atoms with Crippen LogP contribution in [0.3, 0.4) is 0 Å². The van der Waals surface area contributed by atoms with E-state index in [9.17, 15) is 4.79 Å². The van der Waals surface area contributed by atoms with E-state index < -0.39 is 0 Å². The topological polar surface area (TPSA) is 62.5 Å². The molecular weight excluding hydrogens is 280 g/mol. The maximum atomic E-state index is 12.3. The third-order valence-electron chi connectivity index (χ3n) is 4.80. The highest BCUT2D eigenvalue weighted by molar-refractivity contribution is 5.76. The molecule has 2 aliphatic rings. The molecule has 1 aromatic rings. The van der Waals surface area contributed by atoms with E-state index in [0.29, 0.717) is 36.6 Å². The Hall–Kier alpha value is -1.43. The molecule has 6 heteroatoms. The second-order valence-electron chi connectivity index (χ2n) is 6.98. The summed E-state index contributed by atoms with van der Waals surface area (Å²) in [5.74, 6) is 2.83. The lowest BCUT2D eigenvalue weighted by Gasteiger charge is -2.22. The summed E-state index contributed by atoms with van der Waals surface area (Å²) in [6.07, 6.45) is 4.40. The average molecular weight is 306 g/mol. The molecule has 0 N–H and O–H groups in total. The van der Waals surface area contributed by atoms with Crippen LogP contribution in [0.15, 0.2) is 4.52 Å². The van der Waals surface area contributed by atoms with Gasteiger partial charge in [0.15, 0.2) is 5.82 Å². The molecule has 2 fully saturated rings. The first kappa shape index (κ1) is 15.5. The minimum absolute atomic E-state index is 0.248. The van der Waals surface area contributed by atoms with Gasteiger partial charge in [-0.2, -0.15) is 4.98 Å². The van der Waals surface area contributed by atoms with Gasteiger partial charge in [0.1, 0.15) is 0 Å². The summed E-state index contributed by atoms with van der Waals surface area (Å²) in [5.41, 5.74) is 0. The number of nitrogens with zero attached hydrogens (tertiary/aromatic N) is 4. The van der Waals surface area contributed by atoms with Gasteiger partial charge < -0.3 is 14.3 Å². The number of aryl methyl sites for hydroxylation is 1.